The van der Waals surface area contributed by atoms with Gasteiger partial charge in [-0.05, 0) is 43.7 Å². The van der Waals surface area contributed by atoms with Gasteiger partial charge in [0.15, 0.2) is 0 Å². The number of rotatable bonds is 6. The lowest BCUT2D eigenvalue weighted by atomic mass is 10.1. The van der Waals surface area contributed by atoms with E-state index in [-0.39, 0.29) is 17.2 Å². The van der Waals surface area contributed by atoms with Crippen LogP contribution in [0.25, 0.3) is 17.0 Å². The van der Waals surface area contributed by atoms with E-state index in [1.165, 1.54) is 18.2 Å². The number of nitrogens with zero attached hydrogens (tertiary/aromatic N) is 2. The van der Waals surface area contributed by atoms with Crippen LogP contribution in [0.3, 0.4) is 0 Å². The molecule has 6 heteroatoms. The topological polar surface area (TPSA) is 95.1 Å². The summed E-state index contributed by atoms with van der Waals surface area (Å²) in [5.74, 6) is -1.68. The largest absolute Gasteiger partial charge is 0.478 e. The molecule has 146 valence electrons. The number of carboxylic acid groups (broad SMARTS) is 1. The second kappa shape index (κ2) is 8.44. The third-order valence-corrected chi connectivity index (χ3v) is 4.87. The van der Waals surface area contributed by atoms with Gasteiger partial charge in [0, 0.05) is 34.4 Å². The maximum absolute atomic E-state index is 12.6. The van der Waals surface area contributed by atoms with Crippen molar-refractivity contribution >= 4 is 34.5 Å². The zero-order chi connectivity index (χ0) is 21.0. The minimum absolute atomic E-state index is 0.0573. The van der Waals surface area contributed by atoms with Crippen molar-refractivity contribution in [3.63, 3.8) is 0 Å². The summed E-state index contributed by atoms with van der Waals surface area (Å²) in [6.07, 6.45) is 4.47. The molecule has 1 amide bonds. The van der Waals surface area contributed by atoms with Gasteiger partial charge >= 0.3 is 5.97 Å². The van der Waals surface area contributed by atoms with E-state index >= 15 is 0 Å². The van der Waals surface area contributed by atoms with Crippen molar-refractivity contribution in [2.24, 2.45) is 0 Å². The molecule has 2 N–H and O–H groups in total. The third-order valence-electron chi connectivity index (χ3n) is 4.87. The maximum Gasteiger partial charge on any atom is 0.335 e. The summed E-state index contributed by atoms with van der Waals surface area (Å²) >= 11 is 0. The first-order valence-corrected chi connectivity index (χ1v) is 9.30. The molecule has 29 heavy (non-hydrogen) atoms. The van der Waals surface area contributed by atoms with Crippen LogP contribution in [0.4, 0.5) is 5.69 Å². The van der Waals surface area contributed by atoms with Crippen molar-refractivity contribution < 1.29 is 14.7 Å². The first-order chi connectivity index (χ1) is 13.9. The number of anilines is 1. The number of benzene rings is 2. The standard InChI is InChI=1S/C23H21N3O3/c1-3-15(2)26-14-18(20-9-4-5-10-21(20)26)11-17(13-24)22(27)25-19-8-6-7-16(12-19)23(28)29/h4-12,14-15H,3H2,1-2H3,(H,25,27)(H,28,29). The molecule has 0 radical (unpaired) electrons. The summed E-state index contributed by atoms with van der Waals surface area (Å²) < 4.78 is 2.14. The third kappa shape index (κ3) is 4.19. The lowest BCUT2D eigenvalue weighted by Crippen LogP contribution is -2.13. The van der Waals surface area contributed by atoms with Gasteiger partial charge < -0.3 is 15.0 Å². The lowest BCUT2D eigenvalue weighted by Gasteiger charge is -2.12. The Morgan fingerprint density at radius 2 is 2.00 bits per heavy atom. The molecule has 0 aliphatic carbocycles. The molecule has 2 aromatic carbocycles. The lowest BCUT2D eigenvalue weighted by molar-refractivity contribution is -0.112. The van der Waals surface area contributed by atoms with Crippen LogP contribution < -0.4 is 5.32 Å². The summed E-state index contributed by atoms with van der Waals surface area (Å²) in [6, 6.07) is 16.0. The molecule has 3 rings (SSSR count). The van der Waals surface area contributed by atoms with Gasteiger partial charge in [-0.25, -0.2) is 4.79 Å². The monoisotopic (exact) mass is 387 g/mol. The fraction of sp³-hybridized carbons (Fsp3) is 0.174. The highest BCUT2D eigenvalue weighted by atomic mass is 16.4. The van der Waals surface area contributed by atoms with Crippen molar-refractivity contribution in [2.45, 2.75) is 26.3 Å². The molecule has 1 unspecified atom stereocenters. The van der Waals surface area contributed by atoms with Crippen LogP contribution in [0.15, 0.2) is 60.3 Å². The molecule has 0 saturated heterocycles. The minimum Gasteiger partial charge on any atom is -0.478 e. The summed E-state index contributed by atoms with van der Waals surface area (Å²) in [4.78, 5) is 23.7. The fourth-order valence-corrected chi connectivity index (χ4v) is 3.14. The number of fused-ring (bicyclic) bond motifs is 1. The molecule has 3 aromatic rings. The zero-order valence-electron chi connectivity index (χ0n) is 16.2. The predicted octanol–water partition coefficient (Wildman–Crippen LogP) is 4.86. The number of para-hydroxylation sites is 1. The van der Waals surface area contributed by atoms with Crippen LogP contribution in [0.2, 0.25) is 0 Å². The molecule has 1 aromatic heterocycles. The van der Waals surface area contributed by atoms with Crippen LogP contribution in [0.5, 0.6) is 0 Å². The SMILES string of the molecule is CCC(C)n1cc(C=C(C#N)C(=O)Nc2cccc(C(=O)O)c2)c2ccccc21. The number of aromatic carboxylic acids is 1. The summed E-state index contributed by atoms with van der Waals surface area (Å²) in [5.41, 5.74) is 2.14. The first kappa shape index (κ1) is 19.9. The second-order valence-electron chi connectivity index (χ2n) is 6.78. The highest BCUT2D eigenvalue weighted by Crippen LogP contribution is 2.27. The van der Waals surface area contributed by atoms with Gasteiger partial charge in [-0.1, -0.05) is 31.2 Å². The quantitative estimate of drug-likeness (QED) is 0.466. The van der Waals surface area contributed by atoms with Crippen molar-refractivity contribution in [3.05, 3.63) is 71.4 Å². The predicted molar refractivity (Wildman–Crippen MR) is 113 cm³/mol. The molecule has 0 aliphatic rings. The van der Waals surface area contributed by atoms with Crippen LogP contribution in [0.1, 0.15) is 42.2 Å². The molecule has 0 spiro atoms. The minimum atomic E-state index is -1.09. The Morgan fingerprint density at radius 3 is 2.69 bits per heavy atom. The Balaban J connectivity index is 1.96. The molecule has 1 atom stereocenters. The van der Waals surface area contributed by atoms with E-state index in [9.17, 15) is 14.9 Å². The number of nitriles is 1. The van der Waals surface area contributed by atoms with Gasteiger partial charge in [0.25, 0.3) is 5.91 Å². The number of carbonyl (C=O) groups is 2. The highest BCUT2D eigenvalue weighted by Gasteiger charge is 2.15. The van der Waals surface area contributed by atoms with E-state index in [1.807, 2.05) is 36.5 Å². The molecule has 0 bridgehead atoms. The first-order valence-electron chi connectivity index (χ1n) is 9.30. The van der Waals surface area contributed by atoms with Crippen LogP contribution >= 0.6 is 0 Å². The van der Waals surface area contributed by atoms with E-state index in [1.54, 1.807) is 12.1 Å². The van der Waals surface area contributed by atoms with Gasteiger partial charge in [0.1, 0.15) is 11.6 Å². The summed E-state index contributed by atoms with van der Waals surface area (Å²) in [7, 11) is 0. The summed E-state index contributed by atoms with van der Waals surface area (Å²) in [5, 5.41) is 22.2. The fourth-order valence-electron chi connectivity index (χ4n) is 3.14. The number of nitrogens with one attached hydrogen (secondary N) is 1. The van der Waals surface area contributed by atoms with Crippen molar-refractivity contribution in [3.8, 4) is 6.07 Å². The van der Waals surface area contributed by atoms with Crippen LogP contribution in [0, 0.1) is 11.3 Å². The van der Waals surface area contributed by atoms with Crippen molar-refractivity contribution in [1.29, 1.82) is 5.26 Å². The number of hydrogen-bond donors (Lipinski definition) is 2. The smallest absolute Gasteiger partial charge is 0.335 e. The van der Waals surface area contributed by atoms with Crippen LogP contribution in [-0.4, -0.2) is 21.6 Å². The normalized spacial score (nSPS) is 12.4. The second-order valence-corrected chi connectivity index (χ2v) is 6.78. The van der Waals surface area contributed by atoms with Crippen molar-refractivity contribution in [2.75, 3.05) is 5.32 Å². The molecule has 0 fully saturated rings. The molecular formula is C23H21N3O3. The van der Waals surface area contributed by atoms with E-state index in [0.29, 0.717) is 5.69 Å². The van der Waals surface area contributed by atoms with Gasteiger partial charge in [0.05, 0.1) is 5.56 Å². The summed E-state index contributed by atoms with van der Waals surface area (Å²) in [6.45, 7) is 4.22. The molecule has 0 aliphatic heterocycles. The van der Waals surface area contributed by atoms with E-state index in [4.69, 9.17) is 5.11 Å². The number of carbonyl (C=O) groups excluding carboxylic acids is 1. The number of aromatic nitrogens is 1. The van der Waals surface area contributed by atoms with Gasteiger partial charge in [0.2, 0.25) is 0 Å². The molecule has 0 saturated carbocycles. The Bertz CT molecular complexity index is 1150. The molecular weight excluding hydrogens is 366 g/mol. The average molecular weight is 387 g/mol. The van der Waals surface area contributed by atoms with E-state index < -0.39 is 11.9 Å². The zero-order valence-corrected chi connectivity index (χ0v) is 16.2. The van der Waals surface area contributed by atoms with Gasteiger partial charge in [-0.15, -0.1) is 0 Å². The Kier molecular flexibility index (Phi) is 5.79. The number of carboxylic acids is 1. The Hall–Kier alpha value is -3.85. The number of hydrogen-bond acceptors (Lipinski definition) is 3. The maximum atomic E-state index is 12.6. The van der Waals surface area contributed by atoms with E-state index in [2.05, 4.69) is 23.7 Å². The van der Waals surface area contributed by atoms with Crippen molar-refractivity contribution in [1.82, 2.24) is 4.57 Å². The average Bonchev–Trinajstić information content (AvgIpc) is 3.10. The molecule has 1 heterocycles. The Labute approximate surface area is 168 Å². The Morgan fingerprint density at radius 1 is 1.24 bits per heavy atom. The van der Waals surface area contributed by atoms with Gasteiger partial charge in [-0.2, -0.15) is 5.26 Å². The number of amides is 1. The van der Waals surface area contributed by atoms with Gasteiger partial charge in [-0.3, -0.25) is 4.79 Å². The molecule has 6 nitrogen and oxygen atoms in total. The highest BCUT2D eigenvalue weighted by molar-refractivity contribution is 6.11. The van der Waals surface area contributed by atoms with Crippen LogP contribution in [-0.2, 0) is 4.79 Å². The van der Waals surface area contributed by atoms with E-state index in [0.717, 1.165) is 22.9 Å².